The van der Waals surface area contributed by atoms with Crippen LogP contribution in [0.2, 0.25) is 0 Å². The van der Waals surface area contributed by atoms with Gasteiger partial charge in [-0.1, -0.05) is 41.5 Å². The summed E-state index contributed by atoms with van der Waals surface area (Å²) in [6.07, 6.45) is 8.13. The normalized spacial score (nSPS) is 51.2. The van der Waals surface area contributed by atoms with E-state index in [9.17, 15) is 14.7 Å². The fourth-order valence-electron chi connectivity index (χ4n) is 14.8. The molecular weight excluding hydrogens is 660 g/mol. The van der Waals surface area contributed by atoms with Gasteiger partial charge in [-0.15, -0.1) is 0 Å². The van der Waals surface area contributed by atoms with Crippen LogP contribution in [0.3, 0.4) is 0 Å². The second kappa shape index (κ2) is 12.2. The molecule has 4 saturated heterocycles. The van der Waals surface area contributed by atoms with E-state index in [0.717, 1.165) is 77.5 Å². The Morgan fingerprint density at radius 3 is 2.48 bits per heavy atom. The highest BCUT2D eigenvalue weighted by atomic mass is 16.7. The Morgan fingerprint density at radius 1 is 1.04 bits per heavy atom. The molecule has 0 aromatic rings. The van der Waals surface area contributed by atoms with Crippen molar-refractivity contribution in [2.75, 3.05) is 39.3 Å². The number of rotatable bonds is 6. The number of ether oxygens (including phenoxy) is 4. The predicted molar refractivity (Wildman–Crippen MR) is 194 cm³/mol. The molecule has 9 rings (SSSR count). The Morgan fingerprint density at radius 2 is 1.79 bits per heavy atom. The molecule has 9 fully saturated rings. The summed E-state index contributed by atoms with van der Waals surface area (Å²) in [6, 6.07) is -0.0711. The van der Waals surface area contributed by atoms with E-state index in [1.165, 1.54) is 12.8 Å². The minimum atomic E-state index is -0.760. The molecule has 5 saturated carbocycles. The molecule has 0 aromatic heterocycles. The fraction of sp³-hybridized carbons (Fsp3) is 0.951. The predicted octanol–water partition coefficient (Wildman–Crippen LogP) is 4.29. The van der Waals surface area contributed by atoms with Crippen LogP contribution in [0.5, 0.6) is 0 Å². The average Bonchev–Trinajstić information content (AvgIpc) is 3.47. The molecule has 4 aliphatic heterocycles. The van der Waals surface area contributed by atoms with Crippen molar-refractivity contribution in [2.24, 2.45) is 57.0 Å². The monoisotopic (exact) mass is 726 g/mol. The molecule has 4 heterocycles. The first-order chi connectivity index (χ1) is 24.7. The summed E-state index contributed by atoms with van der Waals surface area (Å²) >= 11 is 0. The fourth-order valence-corrected chi connectivity index (χ4v) is 14.8. The first-order valence-electron chi connectivity index (χ1n) is 21.0. The number of carbonyl (C=O) groups is 2. The van der Waals surface area contributed by atoms with Crippen LogP contribution in [-0.4, -0.2) is 115 Å². The van der Waals surface area contributed by atoms with E-state index in [1.807, 2.05) is 0 Å². The molecule has 9 aliphatic rings. The zero-order chi connectivity index (χ0) is 36.6. The number of aliphatic hydroxyl groups is 1. The van der Waals surface area contributed by atoms with Gasteiger partial charge >= 0.3 is 6.09 Å². The molecule has 0 radical (unpaired) electrons. The lowest BCUT2D eigenvalue weighted by Crippen LogP contribution is -2.70. The maximum Gasteiger partial charge on any atom is 0.410 e. The molecule has 52 heavy (non-hydrogen) atoms. The number of nitrogens with two attached hydrogens (primary N) is 1. The van der Waals surface area contributed by atoms with Gasteiger partial charge in [0.1, 0.15) is 6.10 Å². The molecule has 292 valence electrons. The number of likely N-dealkylation sites (tertiary alicyclic amines) is 1. The van der Waals surface area contributed by atoms with Crippen LogP contribution >= 0.6 is 0 Å². The van der Waals surface area contributed by atoms with Crippen LogP contribution in [0.4, 0.5) is 4.79 Å². The van der Waals surface area contributed by atoms with Crippen molar-refractivity contribution < 1.29 is 33.6 Å². The van der Waals surface area contributed by atoms with Crippen LogP contribution in [0.15, 0.2) is 0 Å². The molecule has 0 bridgehead atoms. The van der Waals surface area contributed by atoms with Gasteiger partial charge in [0, 0.05) is 26.2 Å². The molecule has 15 atom stereocenters. The third kappa shape index (κ3) is 4.83. The highest BCUT2D eigenvalue weighted by Gasteiger charge is 2.85. The highest BCUT2D eigenvalue weighted by Crippen LogP contribution is 2.87. The van der Waals surface area contributed by atoms with E-state index in [-0.39, 0.29) is 88.2 Å². The van der Waals surface area contributed by atoms with Gasteiger partial charge in [-0.3, -0.25) is 9.69 Å². The van der Waals surface area contributed by atoms with Gasteiger partial charge in [-0.25, -0.2) is 4.79 Å². The van der Waals surface area contributed by atoms with Gasteiger partial charge in [0.25, 0.3) is 0 Å². The zero-order valence-corrected chi connectivity index (χ0v) is 32.6. The standard InChI is InChI=1S/C41H66N4O7/c1-23(2)32(52-36(48)44-16-7-17-44)26-20-24(3)31-33(50-26)34(46)41(42)28-9-8-27-37(4,5)29(10-12-39(27)22-40(28,39)14-13-38(31,41)6)51-30-21-45(18-19-49-30)25-11-15-43-35(25)47/h23-34,46H,7-22,42H2,1-6H3,(H,43,47)/t24-,25-,26?,27+,28?,29+,30+,31+,32-,33?,34+,38-,39-,40+,41+/m1/s1. The second-order valence-electron chi connectivity index (χ2n) is 20.2. The second-order valence-corrected chi connectivity index (χ2v) is 20.2. The Kier molecular flexibility index (Phi) is 8.52. The number of fused-ring (bicyclic) bond motifs is 4. The highest BCUT2D eigenvalue weighted by molar-refractivity contribution is 5.83. The van der Waals surface area contributed by atoms with Crippen LogP contribution in [-0.2, 0) is 23.7 Å². The smallest absolute Gasteiger partial charge is 0.410 e. The summed E-state index contributed by atoms with van der Waals surface area (Å²) in [5.41, 5.74) is 7.25. The summed E-state index contributed by atoms with van der Waals surface area (Å²) in [5, 5.41) is 15.6. The number of aliphatic hydroxyl groups excluding tert-OH is 1. The van der Waals surface area contributed by atoms with Gasteiger partial charge in [-0.2, -0.15) is 0 Å². The summed E-state index contributed by atoms with van der Waals surface area (Å²) in [7, 11) is 0. The molecule has 0 aromatic carbocycles. The number of nitrogens with one attached hydrogen (secondary N) is 1. The number of morpholine rings is 1. The van der Waals surface area contributed by atoms with Crippen molar-refractivity contribution in [3.63, 3.8) is 0 Å². The van der Waals surface area contributed by atoms with E-state index in [4.69, 9.17) is 24.7 Å². The first-order valence-corrected chi connectivity index (χ1v) is 21.0. The lowest BCUT2D eigenvalue weighted by atomic mass is 9.43. The molecule has 11 heteroatoms. The van der Waals surface area contributed by atoms with E-state index in [2.05, 4.69) is 51.8 Å². The third-order valence-electron chi connectivity index (χ3n) is 17.5. The SMILES string of the molecule is CC(C)[C@@H](OC(=O)N1CCC1)C1C[C@@H](C)[C@H]2C(O1)[C@H](O)[C@@]1(N)C3CC[C@H]4C(C)(C)[C@@H](O[C@H]5CN([C@@H]6CCNC6=O)CCO5)CC[C@@]45C[C@@]35CC[C@]21C. The quantitative estimate of drug-likeness (QED) is 0.367. The molecule has 5 aliphatic carbocycles. The largest absolute Gasteiger partial charge is 0.443 e. The summed E-state index contributed by atoms with van der Waals surface area (Å²) in [5.74, 6) is 1.47. The minimum absolute atomic E-state index is 0.0297. The molecule has 2 spiro atoms. The van der Waals surface area contributed by atoms with Gasteiger partial charge in [0.05, 0.1) is 49.1 Å². The summed E-state index contributed by atoms with van der Waals surface area (Å²) in [6.45, 7) is 18.0. The Labute approximate surface area is 310 Å². The molecular formula is C41H66N4O7. The van der Waals surface area contributed by atoms with Crippen molar-refractivity contribution in [1.82, 2.24) is 15.1 Å². The van der Waals surface area contributed by atoms with E-state index >= 15 is 0 Å². The first kappa shape index (κ1) is 36.2. The maximum absolute atomic E-state index is 13.0. The Bertz CT molecular complexity index is 1440. The van der Waals surface area contributed by atoms with Crippen LogP contribution in [0, 0.1) is 51.2 Å². The van der Waals surface area contributed by atoms with E-state index in [1.54, 1.807) is 4.90 Å². The van der Waals surface area contributed by atoms with Crippen LogP contribution in [0.25, 0.3) is 0 Å². The number of amides is 2. The van der Waals surface area contributed by atoms with Crippen LogP contribution < -0.4 is 11.1 Å². The minimum Gasteiger partial charge on any atom is -0.443 e. The van der Waals surface area contributed by atoms with Crippen molar-refractivity contribution in [1.29, 1.82) is 0 Å². The van der Waals surface area contributed by atoms with Crippen molar-refractivity contribution >= 4 is 12.0 Å². The van der Waals surface area contributed by atoms with Crippen LogP contribution in [0.1, 0.15) is 106 Å². The lowest BCUT2D eigenvalue weighted by molar-refractivity contribution is -0.248. The number of hydrogen-bond donors (Lipinski definition) is 3. The number of hydrogen-bond acceptors (Lipinski definition) is 9. The topological polar surface area (TPSA) is 136 Å². The Balaban J connectivity index is 0.926. The maximum atomic E-state index is 13.0. The number of nitrogens with zero attached hydrogens (tertiary/aromatic N) is 2. The molecule has 4 N–H and O–H groups in total. The van der Waals surface area contributed by atoms with Gasteiger partial charge in [0.2, 0.25) is 5.91 Å². The average molecular weight is 727 g/mol. The third-order valence-corrected chi connectivity index (χ3v) is 17.5. The van der Waals surface area contributed by atoms with E-state index < -0.39 is 11.6 Å². The van der Waals surface area contributed by atoms with Crippen molar-refractivity contribution in [3.05, 3.63) is 0 Å². The summed E-state index contributed by atoms with van der Waals surface area (Å²) in [4.78, 5) is 29.5. The van der Waals surface area contributed by atoms with Crippen molar-refractivity contribution in [3.8, 4) is 0 Å². The van der Waals surface area contributed by atoms with Gasteiger partial charge in [-0.05, 0) is 115 Å². The van der Waals surface area contributed by atoms with E-state index in [0.29, 0.717) is 25.0 Å². The summed E-state index contributed by atoms with van der Waals surface area (Å²) < 4.78 is 26.2. The van der Waals surface area contributed by atoms with Gasteiger partial charge in [0.15, 0.2) is 6.29 Å². The molecule has 11 nitrogen and oxygen atoms in total. The Hall–Kier alpha value is -1.50. The molecule has 3 unspecified atom stereocenters. The lowest BCUT2D eigenvalue weighted by Gasteiger charge is -2.63. The molecule has 2 amide bonds. The number of carbonyl (C=O) groups excluding carboxylic acids is 2. The van der Waals surface area contributed by atoms with Gasteiger partial charge < -0.3 is 40.0 Å². The van der Waals surface area contributed by atoms with Crippen molar-refractivity contribution in [2.45, 2.75) is 154 Å². The zero-order valence-electron chi connectivity index (χ0n) is 32.6.